The average Bonchev–Trinajstić information content (AvgIpc) is 3.05. The van der Waals surface area contributed by atoms with Gasteiger partial charge in [0.05, 0.1) is 42.0 Å². The monoisotopic (exact) mass is 440 g/mol. The molecule has 150 valence electrons. The molecule has 4 rings (SSSR count). The first kappa shape index (κ1) is 19.8. The largest absolute Gasteiger partial charge is 0.480 e. The number of fused-ring (bicyclic) bond motifs is 1. The zero-order chi connectivity index (χ0) is 21.3. The lowest BCUT2D eigenvalue weighted by Crippen LogP contribution is -2.18. The van der Waals surface area contributed by atoms with Gasteiger partial charge in [0.25, 0.3) is 0 Å². The molecule has 0 aliphatic rings. The number of nitriles is 1. The quantitative estimate of drug-likeness (QED) is 0.483. The molecule has 0 spiro atoms. The van der Waals surface area contributed by atoms with Crippen LogP contribution >= 0.6 is 23.2 Å². The Morgan fingerprint density at radius 1 is 1.20 bits per heavy atom. The van der Waals surface area contributed by atoms with E-state index < -0.39 is 0 Å². The van der Waals surface area contributed by atoms with Crippen molar-refractivity contribution in [3.8, 4) is 23.4 Å². The fourth-order valence-electron chi connectivity index (χ4n) is 3.06. The molecule has 0 saturated heterocycles. The van der Waals surface area contributed by atoms with Crippen LogP contribution in [0.2, 0.25) is 10.0 Å². The van der Waals surface area contributed by atoms with Gasteiger partial charge in [-0.2, -0.15) is 5.26 Å². The fourth-order valence-corrected chi connectivity index (χ4v) is 3.50. The molecule has 1 N–H and O–H groups in total. The maximum atomic E-state index is 12.4. The number of aromatic amines is 1. The minimum Gasteiger partial charge on any atom is -0.480 e. The van der Waals surface area contributed by atoms with Crippen molar-refractivity contribution in [3.05, 3.63) is 80.3 Å². The number of nitrogens with one attached hydrogen (secondary N) is 1. The summed E-state index contributed by atoms with van der Waals surface area (Å²) in [5, 5.41) is 9.65. The van der Waals surface area contributed by atoms with Crippen molar-refractivity contribution < 1.29 is 9.47 Å². The van der Waals surface area contributed by atoms with Crippen LogP contribution in [0.3, 0.4) is 0 Å². The number of rotatable bonds is 5. The first-order chi connectivity index (χ1) is 14.5. The van der Waals surface area contributed by atoms with Crippen molar-refractivity contribution in [1.82, 2.24) is 14.5 Å². The zero-order valence-corrected chi connectivity index (χ0v) is 17.2. The van der Waals surface area contributed by atoms with Crippen molar-refractivity contribution in [2.75, 3.05) is 7.11 Å². The van der Waals surface area contributed by atoms with Gasteiger partial charge in [0.1, 0.15) is 10.8 Å². The molecule has 0 atom stereocenters. The number of benzene rings is 2. The van der Waals surface area contributed by atoms with E-state index in [1.54, 1.807) is 22.8 Å². The highest BCUT2D eigenvalue weighted by molar-refractivity contribution is 6.33. The van der Waals surface area contributed by atoms with Crippen LogP contribution in [0.5, 0.6) is 17.4 Å². The summed E-state index contributed by atoms with van der Waals surface area (Å²) >= 11 is 12.4. The van der Waals surface area contributed by atoms with Gasteiger partial charge in [-0.25, -0.2) is 9.78 Å². The summed E-state index contributed by atoms with van der Waals surface area (Å²) < 4.78 is 12.7. The number of hydrogen-bond acceptors (Lipinski definition) is 5. The number of pyridine rings is 1. The smallest absolute Gasteiger partial charge is 0.326 e. The van der Waals surface area contributed by atoms with Gasteiger partial charge in [0.2, 0.25) is 5.88 Å². The summed E-state index contributed by atoms with van der Waals surface area (Å²) in [6.07, 6.45) is 0. The fraction of sp³-hybridized carbons (Fsp3) is 0.0952. The third-order valence-corrected chi connectivity index (χ3v) is 4.94. The summed E-state index contributed by atoms with van der Waals surface area (Å²) in [6, 6.07) is 15.6. The molecular formula is C21H14Cl2N4O3. The second kappa shape index (κ2) is 8.11. The molecule has 2 aromatic carbocycles. The Morgan fingerprint density at radius 2 is 2.00 bits per heavy atom. The number of aromatic nitrogens is 3. The van der Waals surface area contributed by atoms with Gasteiger partial charge < -0.3 is 14.5 Å². The molecule has 0 saturated carbocycles. The molecule has 7 nitrogen and oxygen atoms in total. The highest BCUT2D eigenvalue weighted by atomic mass is 35.5. The third kappa shape index (κ3) is 3.83. The first-order valence-corrected chi connectivity index (χ1v) is 9.53. The standard InChI is InChI=1S/C21H14Cl2N4O3/c1-29-20-19(23)18(30-15-7-12(10-24)6-13(22)8-15)9-14(25-20)11-27-17-5-3-2-4-16(17)26-21(27)28/h2-9H,11H2,1H3,(H,26,28). The molecule has 9 heteroatoms. The molecular weight excluding hydrogens is 427 g/mol. The molecule has 0 bridgehead atoms. The van der Waals surface area contributed by atoms with Gasteiger partial charge in [0, 0.05) is 11.1 Å². The highest BCUT2D eigenvalue weighted by Crippen LogP contribution is 2.37. The highest BCUT2D eigenvalue weighted by Gasteiger charge is 2.16. The van der Waals surface area contributed by atoms with Crippen molar-refractivity contribution in [2.24, 2.45) is 0 Å². The van der Waals surface area contributed by atoms with Crippen LogP contribution in [0, 0.1) is 11.3 Å². The zero-order valence-electron chi connectivity index (χ0n) is 15.6. The van der Waals surface area contributed by atoms with E-state index in [2.05, 4.69) is 9.97 Å². The van der Waals surface area contributed by atoms with Crippen molar-refractivity contribution in [3.63, 3.8) is 0 Å². The van der Waals surface area contributed by atoms with Crippen molar-refractivity contribution in [2.45, 2.75) is 6.54 Å². The second-order valence-electron chi connectivity index (χ2n) is 6.36. The minimum absolute atomic E-state index is 0.152. The van der Waals surface area contributed by atoms with Crippen LogP contribution in [-0.4, -0.2) is 21.6 Å². The van der Waals surface area contributed by atoms with Gasteiger partial charge in [-0.05, 0) is 30.3 Å². The van der Waals surface area contributed by atoms with Gasteiger partial charge >= 0.3 is 5.69 Å². The lowest BCUT2D eigenvalue weighted by Gasteiger charge is -2.13. The molecule has 0 amide bonds. The van der Waals surface area contributed by atoms with Gasteiger partial charge in [-0.15, -0.1) is 0 Å². The first-order valence-electron chi connectivity index (χ1n) is 8.78. The summed E-state index contributed by atoms with van der Waals surface area (Å²) in [6.45, 7) is 0.172. The molecule has 0 unspecified atom stereocenters. The number of H-pyrrole nitrogens is 1. The van der Waals surface area contributed by atoms with Crippen molar-refractivity contribution >= 4 is 34.2 Å². The molecule has 4 aromatic rings. The van der Waals surface area contributed by atoms with Crippen LogP contribution in [0.1, 0.15) is 11.3 Å². The predicted octanol–water partition coefficient (Wildman–Crippen LogP) is 4.75. The summed E-state index contributed by atoms with van der Waals surface area (Å²) in [4.78, 5) is 19.6. The Hall–Kier alpha value is -3.47. The summed E-state index contributed by atoms with van der Waals surface area (Å²) in [7, 11) is 1.44. The second-order valence-corrected chi connectivity index (χ2v) is 7.17. The molecule has 0 aliphatic heterocycles. The number of nitrogens with zero attached hydrogens (tertiary/aromatic N) is 3. The Balaban J connectivity index is 1.75. The third-order valence-electron chi connectivity index (χ3n) is 4.37. The number of methoxy groups -OCH3 is 1. The number of hydrogen-bond donors (Lipinski definition) is 1. The lowest BCUT2D eigenvalue weighted by molar-refractivity contribution is 0.390. The van der Waals surface area contributed by atoms with Crippen LogP contribution in [0.25, 0.3) is 11.0 Å². The minimum atomic E-state index is -0.261. The average molecular weight is 441 g/mol. The molecule has 2 heterocycles. The van der Waals surface area contributed by atoms with E-state index >= 15 is 0 Å². The van der Waals surface area contributed by atoms with Gasteiger partial charge in [-0.1, -0.05) is 35.3 Å². The lowest BCUT2D eigenvalue weighted by atomic mass is 10.2. The maximum Gasteiger partial charge on any atom is 0.326 e. The number of halogens is 2. The summed E-state index contributed by atoms with van der Waals surface area (Å²) in [5.41, 5.74) is 2.06. The van der Waals surface area contributed by atoms with Gasteiger partial charge in [-0.3, -0.25) is 4.57 Å². The number of imidazole rings is 1. The van der Waals surface area contributed by atoms with E-state index in [0.717, 1.165) is 11.0 Å². The van der Waals surface area contributed by atoms with E-state index in [4.69, 9.17) is 37.9 Å². The van der Waals surface area contributed by atoms with Crippen LogP contribution in [0.15, 0.2) is 53.3 Å². The topological polar surface area (TPSA) is 92.9 Å². The van der Waals surface area contributed by atoms with E-state index in [-0.39, 0.29) is 28.9 Å². The SMILES string of the molecule is COc1nc(Cn2c(=O)[nH]c3ccccc32)cc(Oc2cc(Cl)cc(C#N)c2)c1Cl. The Kier molecular flexibility index (Phi) is 5.36. The van der Waals surface area contributed by atoms with E-state index in [1.807, 2.05) is 30.3 Å². The van der Waals surface area contributed by atoms with Gasteiger partial charge in [0.15, 0.2) is 5.75 Å². The van der Waals surface area contributed by atoms with Crippen LogP contribution in [-0.2, 0) is 6.54 Å². The molecule has 0 radical (unpaired) electrons. The van der Waals surface area contributed by atoms with Crippen LogP contribution < -0.4 is 15.2 Å². The van der Waals surface area contributed by atoms with E-state index in [1.165, 1.54) is 13.2 Å². The maximum absolute atomic E-state index is 12.4. The Labute approximate surface area is 181 Å². The Morgan fingerprint density at radius 3 is 2.77 bits per heavy atom. The molecule has 2 aromatic heterocycles. The molecule has 0 aliphatic carbocycles. The van der Waals surface area contributed by atoms with E-state index in [9.17, 15) is 4.79 Å². The Bertz CT molecular complexity index is 1350. The van der Waals surface area contributed by atoms with Crippen molar-refractivity contribution in [1.29, 1.82) is 5.26 Å². The normalized spacial score (nSPS) is 10.7. The summed E-state index contributed by atoms with van der Waals surface area (Å²) in [5.74, 6) is 0.751. The number of para-hydroxylation sites is 2. The molecule has 30 heavy (non-hydrogen) atoms. The predicted molar refractivity (Wildman–Crippen MR) is 114 cm³/mol. The van der Waals surface area contributed by atoms with Crippen LogP contribution in [0.4, 0.5) is 0 Å². The number of ether oxygens (including phenoxy) is 2. The van der Waals surface area contributed by atoms with E-state index in [0.29, 0.717) is 22.0 Å². The molecule has 0 fully saturated rings.